The quantitative estimate of drug-likeness (QED) is 0.670. The molecule has 2 heterocycles. The molecule has 0 radical (unpaired) electrons. The molecule has 2 aliphatic rings. The molecule has 0 bridgehead atoms. The fraction of sp³-hybridized carbons (Fsp3) is 0.846. The van der Waals surface area contributed by atoms with Crippen LogP contribution in [-0.2, 0) is 9.53 Å². The Morgan fingerprint density at radius 1 is 1.35 bits per heavy atom. The standard InChI is InChI=1S/C13H22N2O5/c16-8-10-1-4-15(7-10)12(19)14-9-13(11(17)18)2-5-20-6-3-13/h10,16H,1-9H2,(H,14,19)(H,17,18). The van der Waals surface area contributed by atoms with Crippen molar-refractivity contribution in [2.45, 2.75) is 19.3 Å². The number of carboxylic acid groups (broad SMARTS) is 1. The van der Waals surface area contributed by atoms with Gasteiger partial charge in [-0.15, -0.1) is 0 Å². The summed E-state index contributed by atoms with van der Waals surface area (Å²) in [6.07, 6.45) is 1.63. The Balaban J connectivity index is 1.86. The summed E-state index contributed by atoms with van der Waals surface area (Å²) in [6.45, 7) is 2.19. The Hall–Kier alpha value is -1.34. The Kier molecular flexibility index (Phi) is 4.82. The third-order valence-corrected chi connectivity index (χ3v) is 4.31. The number of carbonyl (C=O) groups excluding carboxylic acids is 1. The van der Waals surface area contributed by atoms with E-state index in [-0.39, 0.29) is 25.1 Å². The fourth-order valence-electron chi connectivity index (χ4n) is 2.75. The number of aliphatic carboxylic acids is 1. The number of carboxylic acids is 1. The van der Waals surface area contributed by atoms with E-state index < -0.39 is 11.4 Å². The van der Waals surface area contributed by atoms with Gasteiger partial charge in [-0.3, -0.25) is 4.79 Å². The average molecular weight is 286 g/mol. The van der Waals surface area contributed by atoms with Gasteiger partial charge in [0.05, 0.1) is 5.41 Å². The van der Waals surface area contributed by atoms with E-state index in [0.29, 0.717) is 39.1 Å². The van der Waals surface area contributed by atoms with Crippen molar-refractivity contribution < 1.29 is 24.5 Å². The van der Waals surface area contributed by atoms with Crippen LogP contribution >= 0.6 is 0 Å². The van der Waals surface area contributed by atoms with Crippen LogP contribution in [0.3, 0.4) is 0 Å². The van der Waals surface area contributed by atoms with Gasteiger partial charge in [-0.2, -0.15) is 0 Å². The Morgan fingerprint density at radius 2 is 2.05 bits per heavy atom. The topological polar surface area (TPSA) is 99.1 Å². The zero-order valence-corrected chi connectivity index (χ0v) is 11.5. The molecule has 2 aliphatic heterocycles. The zero-order chi connectivity index (χ0) is 14.6. The Morgan fingerprint density at radius 3 is 2.60 bits per heavy atom. The van der Waals surface area contributed by atoms with Crippen LogP contribution in [0.25, 0.3) is 0 Å². The minimum Gasteiger partial charge on any atom is -0.481 e. The van der Waals surface area contributed by atoms with E-state index in [0.717, 1.165) is 6.42 Å². The summed E-state index contributed by atoms with van der Waals surface area (Å²) >= 11 is 0. The maximum atomic E-state index is 12.0. The molecule has 3 N–H and O–H groups in total. The molecule has 0 aromatic carbocycles. The van der Waals surface area contributed by atoms with Crippen LogP contribution in [0.1, 0.15) is 19.3 Å². The predicted molar refractivity (Wildman–Crippen MR) is 70.3 cm³/mol. The summed E-state index contributed by atoms with van der Waals surface area (Å²) in [5.41, 5.74) is -0.913. The van der Waals surface area contributed by atoms with E-state index >= 15 is 0 Å². The molecule has 1 atom stereocenters. The molecular weight excluding hydrogens is 264 g/mol. The van der Waals surface area contributed by atoms with E-state index in [1.165, 1.54) is 0 Å². The number of ether oxygens (including phenoxy) is 1. The van der Waals surface area contributed by atoms with Gasteiger partial charge < -0.3 is 25.2 Å². The molecule has 7 heteroatoms. The lowest BCUT2D eigenvalue weighted by atomic mass is 9.80. The number of aliphatic hydroxyl groups is 1. The molecular formula is C13H22N2O5. The van der Waals surface area contributed by atoms with Crippen LogP contribution in [-0.4, -0.2) is 66.6 Å². The molecule has 20 heavy (non-hydrogen) atoms. The number of likely N-dealkylation sites (tertiary alicyclic amines) is 1. The van der Waals surface area contributed by atoms with E-state index in [4.69, 9.17) is 9.84 Å². The number of hydrogen-bond donors (Lipinski definition) is 3. The maximum absolute atomic E-state index is 12.0. The van der Waals surface area contributed by atoms with E-state index in [9.17, 15) is 14.7 Å². The van der Waals surface area contributed by atoms with Crippen LogP contribution in [0.5, 0.6) is 0 Å². The van der Waals surface area contributed by atoms with Crippen molar-refractivity contribution in [2.24, 2.45) is 11.3 Å². The maximum Gasteiger partial charge on any atom is 0.317 e. The summed E-state index contributed by atoms with van der Waals surface area (Å²) in [4.78, 5) is 25.1. The first kappa shape index (κ1) is 15.1. The second-order valence-electron chi connectivity index (χ2n) is 5.64. The molecule has 1 unspecified atom stereocenters. The second kappa shape index (κ2) is 6.41. The molecule has 2 fully saturated rings. The second-order valence-corrected chi connectivity index (χ2v) is 5.64. The monoisotopic (exact) mass is 286 g/mol. The number of carbonyl (C=O) groups is 2. The lowest BCUT2D eigenvalue weighted by molar-refractivity contribution is -0.154. The summed E-state index contributed by atoms with van der Waals surface area (Å²) in [6, 6.07) is -0.243. The molecule has 7 nitrogen and oxygen atoms in total. The lowest BCUT2D eigenvalue weighted by Gasteiger charge is -2.33. The number of amides is 2. The third kappa shape index (κ3) is 3.21. The fourth-order valence-corrected chi connectivity index (χ4v) is 2.75. The highest BCUT2D eigenvalue weighted by atomic mass is 16.5. The minimum absolute atomic E-state index is 0.0835. The average Bonchev–Trinajstić information content (AvgIpc) is 2.94. The summed E-state index contributed by atoms with van der Waals surface area (Å²) in [5, 5.41) is 21.2. The highest BCUT2D eigenvalue weighted by Crippen LogP contribution is 2.30. The van der Waals surface area contributed by atoms with Gasteiger partial charge in [-0.1, -0.05) is 0 Å². The van der Waals surface area contributed by atoms with Crippen LogP contribution in [0.4, 0.5) is 4.79 Å². The number of aliphatic hydroxyl groups excluding tert-OH is 1. The van der Waals surface area contributed by atoms with E-state index in [1.807, 2.05) is 0 Å². The lowest BCUT2D eigenvalue weighted by Crippen LogP contribution is -2.49. The van der Waals surface area contributed by atoms with Gasteiger partial charge in [-0.25, -0.2) is 4.79 Å². The Bertz CT molecular complexity index is 368. The van der Waals surface area contributed by atoms with Crippen molar-refractivity contribution in [3.8, 4) is 0 Å². The molecule has 0 aromatic heterocycles. The van der Waals surface area contributed by atoms with Gasteiger partial charge >= 0.3 is 12.0 Å². The van der Waals surface area contributed by atoms with Crippen molar-refractivity contribution in [2.75, 3.05) is 39.5 Å². The first-order valence-corrected chi connectivity index (χ1v) is 7.02. The third-order valence-electron chi connectivity index (χ3n) is 4.31. The largest absolute Gasteiger partial charge is 0.481 e. The van der Waals surface area contributed by atoms with Crippen LogP contribution in [0.15, 0.2) is 0 Å². The molecule has 0 spiro atoms. The number of rotatable bonds is 4. The van der Waals surface area contributed by atoms with Gasteiger partial charge in [0.1, 0.15) is 0 Å². The SMILES string of the molecule is O=C(NCC1(C(=O)O)CCOCC1)N1CCC(CO)C1. The van der Waals surface area contributed by atoms with Crippen molar-refractivity contribution in [1.29, 1.82) is 0 Å². The predicted octanol–water partition coefficient (Wildman–Crippen LogP) is -0.108. The number of urea groups is 1. The summed E-state index contributed by atoms with van der Waals surface area (Å²) < 4.78 is 5.20. The van der Waals surface area contributed by atoms with Gasteiger partial charge in [-0.05, 0) is 19.3 Å². The first-order valence-electron chi connectivity index (χ1n) is 7.02. The number of hydrogen-bond acceptors (Lipinski definition) is 4. The molecule has 2 rings (SSSR count). The van der Waals surface area contributed by atoms with Gasteiger partial charge in [0, 0.05) is 45.4 Å². The normalized spacial score (nSPS) is 25.4. The van der Waals surface area contributed by atoms with Crippen LogP contribution < -0.4 is 5.32 Å². The van der Waals surface area contributed by atoms with Gasteiger partial charge in [0.2, 0.25) is 0 Å². The molecule has 0 saturated carbocycles. The van der Waals surface area contributed by atoms with Gasteiger partial charge in [0.25, 0.3) is 0 Å². The van der Waals surface area contributed by atoms with E-state index in [1.54, 1.807) is 4.90 Å². The van der Waals surface area contributed by atoms with Crippen LogP contribution in [0, 0.1) is 11.3 Å². The molecule has 2 saturated heterocycles. The zero-order valence-electron chi connectivity index (χ0n) is 11.5. The smallest absolute Gasteiger partial charge is 0.317 e. The summed E-state index contributed by atoms with van der Waals surface area (Å²) in [7, 11) is 0. The summed E-state index contributed by atoms with van der Waals surface area (Å²) in [5.74, 6) is -0.743. The molecule has 0 aromatic rings. The van der Waals surface area contributed by atoms with Crippen LogP contribution in [0.2, 0.25) is 0 Å². The van der Waals surface area contributed by atoms with Crippen molar-refractivity contribution in [1.82, 2.24) is 10.2 Å². The minimum atomic E-state index is -0.913. The van der Waals surface area contributed by atoms with Gasteiger partial charge in [0.15, 0.2) is 0 Å². The number of nitrogens with one attached hydrogen (secondary N) is 1. The highest BCUT2D eigenvalue weighted by Gasteiger charge is 2.41. The number of nitrogens with zero attached hydrogens (tertiary/aromatic N) is 1. The van der Waals surface area contributed by atoms with Crippen molar-refractivity contribution >= 4 is 12.0 Å². The molecule has 2 amide bonds. The Labute approximate surface area is 117 Å². The van der Waals surface area contributed by atoms with Crippen molar-refractivity contribution in [3.63, 3.8) is 0 Å². The van der Waals surface area contributed by atoms with Crippen molar-refractivity contribution in [3.05, 3.63) is 0 Å². The molecule has 114 valence electrons. The van der Waals surface area contributed by atoms with E-state index in [2.05, 4.69) is 5.32 Å². The first-order chi connectivity index (χ1) is 9.57. The molecule has 0 aliphatic carbocycles. The highest BCUT2D eigenvalue weighted by molar-refractivity contribution is 5.78.